The summed E-state index contributed by atoms with van der Waals surface area (Å²) in [6.07, 6.45) is 0. The van der Waals surface area contributed by atoms with Gasteiger partial charge in [-0.25, -0.2) is 0 Å². The first-order valence-corrected chi connectivity index (χ1v) is 11.1. The zero-order valence-electron chi connectivity index (χ0n) is 20.0. The van der Waals surface area contributed by atoms with Crippen LogP contribution in [0.5, 0.6) is 28.7 Å². The zero-order chi connectivity index (χ0) is 24.6. The second kappa shape index (κ2) is 9.02. The van der Waals surface area contributed by atoms with Gasteiger partial charge < -0.3 is 25.0 Å². The summed E-state index contributed by atoms with van der Waals surface area (Å²) in [7, 11) is 0. The number of nitrogens with zero attached hydrogens (tertiary/aromatic N) is 1. The molecule has 5 heteroatoms. The van der Waals surface area contributed by atoms with E-state index < -0.39 is 0 Å². The van der Waals surface area contributed by atoms with Gasteiger partial charge >= 0.3 is 0 Å². The molecule has 0 aliphatic rings. The summed E-state index contributed by atoms with van der Waals surface area (Å²) in [5.41, 5.74) is 6.96. The number of phenolic OH excluding ortho intramolecular Hbond substituents is 3. The minimum absolute atomic E-state index is 0.0936. The van der Waals surface area contributed by atoms with Crippen molar-refractivity contribution in [2.45, 2.75) is 34.6 Å². The van der Waals surface area contributed by atoms with E-state index in [0.29, 0.717) is 11.5 Å². The highest BCUT2D eigenvalue weighted by Gasteiger charge is 2.19. The first-order chi connectivity index (χ1) is 16.2. The lowest BCUT2D eigenvalue weighted by Crippen LogP contribution is -2.13. The van der Waals surface area contributed by atoms with Crippen LogP contribution < -0.4 is 9.64 Å². The van der Waals surface area contributed by atoms with Gasteiger partial charge in [0.15, 0.2) is 11.5 Å². The molecule has 0 saturated carbocycles. The maximum Gasteiger partial charge on any atom is 0.171 e. The van der Waals surface area contributed by atoms with Crippen molar-refractivity contribution >= 4 is 17.1 Å². The van der Waals surface area contributed by atoms with E-state index in [0.717, 1.165) is 44.9 Å². The van der Waals surface area contributed by atoms with Crippen molar-refractivity contribution in [3.63, 3.8) is 0 Å². The van der Waals surface area contributed by atoms with Crippen molar-refractivity contribution in [2.24, 2.45) is 0 Å². The molecule has 4 rings (SSSR count). The molecule has 5 nitrogen and oxygen atoms in total. The molecule has 0 heterocycles. The fraction of sp³-hybridized carbons (Fsp3) is 0.172. The second-order valence-corrected chi connectivity index (χ2v) is 8.70. The van der Waals surface area contributed by atoms with Gasteiger partial charge in [0, 0.05) is 17.1 Å². The molecule has 0 aliphatic heterocycles. The fourth-order valence-electron chi connectivity index (χ4n) is 4.01. The third kappa shape index (κ3) is 4.37. The van der Waals surface area contributed by atoms with Gasteiger partial charge in [-0.2, -0.15) is 0 Å². The number of anilines is 3. The van der Waals surface area contributed by atoms with Gasteiger partial charge in [-0.1, -0.05) is 12.1 Å². The molecule has 0 bridgehead atoms. The summed E-state index contributed by atoms with van der Waals surface area (Å²) in [6, 6.07) is 20.3. The summed E-state index contributed by atoms with van der Waals surface area (Å²) in [6.45, 7) is 9.55. The molecule has 4 aromatic carbocycles. The van der Waals surface area contributed by atoms with E-state index in [-0.39, 0.29) is 17.2 Å². The van der Waals surface area contributed by atoms with E-state index in [9.17, 15) is 15.3 Å². The van der Waals surface area contributed by atoms with Gasteiger partial charge in [-0.05, 0) is 117 Å². The fourth-order valence-corrected chi connectivity index (χ4v) is 4.01. The Hall–Kier alpha value is -4.12. The van der Waals surface area contributed by atoms with Crippen LogP contribution in [-0.2, 0) is 0 Å². The molecular formula is C29H29NO4. The highest BCUT2D eigenvalue weighted by molar-refractivity contribution is 5.82. The topological polar surface area (TPSA) is 73.2 Å². The molecule has 0 aromatic heterocycles. The first kappa shape index (κ1) is 23.1. The lowest BCUT2D eigenvalue weighted by Gasteiger charge is -2.29. The van der Waals surface area contributed by atoms with Gasteiger partial charge in [0.1, 0.15) is 17.2 Å². The minimum atomic E-state index is 0.0936. The molecule has 0 unspecified atom stereocenters. The Morgan fingerprint density at radius 1 is 0.559 bits per heavy atom. The minimum Gasteiger partial charge on any atom is -0.508 e. The van der Waals surface area contributed by atoms with Crippen molar-refractivity contribution in [1.82, 2.24) is 0 Å². The average Bonchev–Trinajstić information content (AvgIpc) is 2.79. The van der Waals surface area contributed by atoms with Crippen LogP contribution in [0.3, 0.4) is 0 Å². The molecule has 0 radical (unpaired) electrons. The Morgan fingerprint density at radius 2 is 1.09 bits per heavy atom. The van der Waals surface area contributed by atoms with Crippen LogP contribution in [0.2, 0.25) is 0 Å². The van der Waals surface area contributed by atoms with Crippen LogP contribution in [-0.4, -0.2) is 15.3 Å². The molecule has 34 heavy (non-hydrogen) atoms. The number of para-hydroxylation sites is 1. The summed E-state index contributed by atoms with van der Waals surface area (Å²) >= 11 is 0. The number of aromatic hydroxyl groups is 3. The Morgan fingerprint density at radius 3 is 1.59 bits per heavy atom. The van der Waals surface area contributed by atoms with E-state index in [1.54, 1.807) is 24.3 Å². The van der Waals surface area contributed by atoms with Gasteiger partial charge in [-0.3, -0.25) is 0 Å². The van der Waals surface area contributed by atoms with Crippen LogP contribution in [0.4, 0.5) is 17.1 Å². The smallest absolute Gasteiger partial charge is 0.171 e. The number of phenols is 3. The molecular weight excluding hydrogens is 426 g/mol. The molecule has 0 fully saturated rings. The lowest BCUT2D eigenvalue weighted by molar-refractivity contribution is 0.409. The monoisotopic (exact) mass is 455 g/mol. The highest BCUT2D eigenvalue weighted by Crippen LogP contribution is 2.43. The van der Waals surface area contributed by atoms with Crippen LogP contribution >= 0.6 is 0 Å². The molecule has 0 spiro atoms. The maximum absolute atomic E-state index is 10.2. The second-order valence-electron chi connectivity index (χ2n) is 8.70. The van der Waals surface area contributed by atoms with Crippen LogP contribution in [0.1, 0.15) is 27.8 Å². The van der Waals surface area contributed by atoms with Crippen molar-refractivity contribution in [2.75, 3.05) is 4.90 Å². The van der Waals surface area contributed by atoms with Crippen molar-refractivity contribution in [1.29, 1.82) is 0 Å². The zero-order valence-corrected chi connectivity index (χ0v) is 20.0. The molecule has 174 valence electrons. The van der Waals surface area contributed by atoms with Crippen molar-refractivity contribution in [3.05, 3.63) is 94.5 Å². The number of ether oxygens (including phenoxy) is 1. The van der Waals surface area contributed by atoms with Crippen molar-refractivity contribution in [3.8, 4) is 28.7 Å². The van der Waals surface area contributed by atoms with Gasteiger partial charge in [-0.15, -0.1) is 0 Å². The van der Waals surface area contributed by atoms with Crippen LogP contribution in [0, 0.1) is 34.6 Å². The van der Waals surface area contributed by atoms with E-state index in [4.69, 9.17) is 4.74 Å². The number of hydrogen-bond acceptors (Lipinski definition) is 5. The largest absolute Gasteiger partial charge is 0.508 e. The predicted octanol–water partition coefficient (Wildman–Crippen LogP) is 7.61. The third-order valence-corrected chi connectivity index (χ3v) is 6.02. The Kier molecular flexibility index (Phi) is 6.12. The van der Waals surface area contributed by atoms with E-state index >= 15 is 0 Å². The van der Waals surface area contributed by atoms with Crippen LogP contribution in [0.15, 0.2) is 66.7 Å². The standard InChI is InChI=1S/C29H29NO4/c1-17-7-6-8-26(31)29(17)34-23-11-9-22(10-12-23)30(24-13-20(4)27(32)15-18(24)2)25-14-21(5)28(33)16-19(25)3/h6-16,31-33H,1-5H3. The molecule has 4 aromatic rings. The SMILES string of the molecule is Cc1cc(N(c2ccc(Oc3c(C)cccc3O)cc2)c2cc(C)c(O)cc2C)c(C)cc1O. The van der Waals surface area contributed by atoms with Gasteiger partial charge in [0.25, 0.3) is 0 Å². The summed E-state index contributed by atoms with van der Waals surface area (Å²) in [4.78, 5) is 2.11. The number of hydrogen-bond donors (Lipinski definition) is 3. The Labute approximate surface area is 200 Å². The normalized spacial score (nSPS) is 10.9. The van der Waals surface area contributed by atoms with Crippen molar-refractivity contribution < 1.29 is 20.1 Å². The van der Waals surface area contributed by atoms with E-state index in [2.05, 4.69) is 4.90 Å². The molecule has 0 amide bonds. The summed E-state index contributed by atoms with van der Waals surface area (Å²) in [5, 5.41) is 30.6. The third-order valence-electron chi connectivity index (χ3n) is 6.02. The average molecular weight is 456 g/mol. The lowest BCUT2D eigenvalue weighted by atomic mass is 10.0. The van der Waals surface area contributed by atoms with Gasteiger partial charge in [0.05, 0.1) is 0 Å². The highest BCUT2D eigenvalue weighted by atomic mass is 16.5. The number of benzene rings is 4. The maximum atomic E-state index is 10.2. The Balaban J connectivity index is 1.82. The summed E-state index contributed by atoms with van der Waals surface area (Å²) in [5.74, 6) is 1.63. The summed E-state index contributed by atoms with van der Waals surface area (Å²) < 4.78 is 5.97. The first-order valence-electron chi connectivity index (χ1n) is 11.1. The van der Waals surface area contributed by atoms with E-state index in [1.807, 2.05) is 77.1 Å². The molecule has 0 aliphatic carbocycles. The Bertz CT molecular complexity index is 1280. The van der Waals surface area contributed by atoms with Gasteiger partial charge in [0.2, 0.25) is 0 Å². The predicted molar refractivity (Wildman–Crippen MR) is 136 cm³/mol. The van der Waals surface area contributed by atoms with E-state index in [1.165, 1.54) is 0 Å². The molecule has 0 saturated heterocycles. The molecule has 3 N–H and O–H groups in total. The quantitative estimate of drug-likeness (QED) is 0.289. The number of aryl methyl sites for hydroxylation is 5. The number of rotatable bonds is 5. The molecule has 0 atom stereocenters. The van der Waals surface area contributed by atoms with Crippen LogP contribution in [0.25, 0.3) is 0 Å².